The minimum Gasteiger partial charge on any atom is -0.391 e. The van der Waals surface area contributed by atoms with E-state index in [4.69, 9.17) is 0 Å². The van der Waals surface area contributed by atoms with Gasteiger partial charge < -0.3 is 10.4 Å². The molecule has 0 saturated carbocycles. The SMILES string of the molecule is CCCC(O)CNC(=O)C1CCCS1. The number of thioether (sulfide) groups is 1. The number of hydrogen-bond acceptors (Lipinski definition) is 3. The zero-order valence-electron chi connectivity index (χ0n) is 8.66. The summed E-state index contributed by atoms with van der Waals surface area (Å²) in [5.74, 6) is 1.19. The molecule has 4 heteroatoms. The molecule has 1 fully saturated rings. The Bertz CT molecular complexity index is 181. The quantitative estimate of drug-likeness (QED) is 0.726. The smallest absolute Gasteiger partial charge is 0.233 e. The topological polar surface area (TPSA) is 49.3 Å². The Balaban J connectivity index is 2.13. The molecule has 2 unspecified atom stereocenters. The molecule has 3 nitrogen and oxygen atoms in total. The molecule has 1 aliphatic heterocycles. The van der Waals surface area contributed by atoms with Gasteiger partial charge in [0.25, 0.3) is 0 Å². The maximum Gasteiger partial charge on any atom is 0.233 e. The van der Waals surface area contributed by atoms with E-state index in [0.29, 0.717) is 6.54 Å². The van der Waals surface area contributed by atoms with E-state index < -0.39 is 0 Å². The highest BCUT2D eigenvalue weighted by atomic mass is 32.2. The first-order chi connectivity index (χ1) is 6.74. The summed E-state index contributed by atoms with van der Waals surface area (Å²) in [6.07, 6.45) is 3.46. The summed E-state index contributed by atoms with van der Waals surface area (Å²) in [5.41, 5.74) is 0. The Kier molecular flexibility index (Phi) is 5.33. The molecule has 2 N–H and O–H groups in total. The van der Waals surface area contributed by atoms with Crippen molar-refractivity contribution in [1.82, 2.24) is 5.32 Å². The lowest BCUT2D eigenvalue weighted by atomic mass is 10.2. The van der Waals surface area contributed by atoms with Gasteiger partial charge in [-0.25, -0.2) is 0 Å². The summed E-state index contributed by atoms with van der Waals surface area (Å²) in [7, 11) is 0. The molecule has 0 spiro atoms. The van der Waals surface area contributed by atoms with Gasteiger partial charge in [0.2, 0.25) is 5.91 Å². The van der Waals surface area contributed by atoms with E-state index in [0.717, 1.165) is 31.4 Å². The van der Waals surface area contributed by atoms with Crippen molar-refractivity contribution < 1.29 is 9.90 Å². The molecule has 1 rings (SSSR count). The highest BCUT2D eigenvalue weighted by Gasteiger charge is 2.23. The first-order valence-electron chi connectivity index (χ1n) is 5.31. The second kappa shape index (κ2) is 6.30. The van der Waals surface area contributed by atoms with Gasteiger partial charge in [-0.15, -0.1) is 11.8 Å². The molecule has 1 saturated heterocycles. The fraction of sp³-hybridized carbons (Fsp3) is 0.900. The third-order valence-corrected chi connectivity index (χ3v) is 3.73. The summed E-state index contributed by atoms with van der Waals surface area (Å²) in [5, 5.41) is 12.3. The van der Waals surface area contributed by atoms with Crippen LogP contribution in [0, 0.1) is 0 Å². The van der Waals surface area contributed by atoms with Crippen LogP contribution in [0.5, 0.6) is 0 Å². The fourth-order valence-corrected chi connectivity index (χ4v) is 2.74. The number of carbonyl (C=O) groups is 1. The Morgan fingerprint density at radius 2 is 2.50 bits per heavy atom. The van der Waals surface area contributed by atoms with E-state index in [9.17, 15) is 9.90 Å². The Labute approximate surface area is 89.6 Å². The van der Waals surface area contributed by atoms with Crippen molar-refractivity contribution in [2.75, 3.05) is 12.3 Å². The third-order valence-electron chi connectivity index (χ3n) is 2.36. The number of aliphatic hydroxyl groups is 1. The molecule has 0 aromatic heterocycles. The van der Waals surface area contributed by atoms with Gasteiger partial charge in [0.1, 0.15) is 0 Å². The summed E-state index contributed by atoms with van der Waals surface area (Å²) in [4.78, 5) is 11.5. The lowest BCUT2D eigenvalue weighted by Crippen LogP contribution is -2.36. The molecular weight excluding hydrogens is 198 g/mol. The highest BCUT2D eigenvalue weighted by molar-refractivity contribution is 8.00. The van der Waals surface area contributed by atoms with Crippen molar-refractivity contribution in [2.24, 2.45) is 0 Å². The monoisotopic (exact) mass is 217 g/mol. The van der Waals surface area contributed by atoms with Gasteiger partial charge in [-0.2, -0.15) is 0 Å². The van der Waals surface area contributed by atoms with Crippen LogP contribution >= 0.6 is 11.8 Å². The zero-order valence-corrected chi connectivity index (χ0v) is 9.48. The van der Waals surface area contributed by atoms with Crippen LogP contribution in [0.3, 0.4) is 0 Å². The molecule has 82 valence electrons. The molecule has 1 heterocycles. The van der Waals surface area contributed by atoms with E-state index in [1.165, 1.54) is 0 Å². The normalized spacial score (nSPS) is 23.4. The minimum absolute atomic E-state index is 0.0997. The van der Waals surface area contributed by atoms with Gasteiger partial charge in [-0.1, -0.05) is 13.3 Å². The number of rotatable bonds is 5. The molecule has 0 bridgehead atoms. The van der Waals surface area contributed by atoms with Crippen LogP contribution in [0.25, 0.3) is 0 Å². The summed E-state index contributed by atoms with van der Waals surface area (Å²) in [6, 6.07) is 0. The first kappa shape index (κ1) is 11.9. The van der Waals surface area contributed by atoms with Gasteiger partial charge in [0, 0.05) is 6.54 Å². The number of carbonyl (C=O) groups excluding carboxylic acids is 1. The average molecular weight is 217 g/mol. The van der Waals surface area contributed by atoms with Crippen molar-refractivity contribution >= 4 is 17.7 Å². The lowest BCUT2D eigenvalue weighted by Gasteiger charge is -2.13. The number of aliphatic hydroxyl groups excluding tert-OH is 1. The standard InChI is InChI=1S/C10H19NO2S/c1-2-4-8(12)7-11-10(13)9-5-3-6-14-9/h8-9,12H,2-7H2,1H3,(H,11,13). The van der Waals surface area contributed by atoms with Crippen molar-refractivity contribution in [3.05, 3.63) is 0 Å². The van der Waals surface area contributed by atoms with E-state index >= 15 is 0 Å². The number of amides is 1. The highest BCUT2D eigenvalue weighted by Crippen LogP contribution is 2.25. The van der Waals surface area contributed by atoms with Gasteiger partial charge >= 0.3 is 0 Å². The predicted molar refractivity (Wildman–Crippen MR) is 59.4 cm³/mol. The van der Waals surface area contributed by atoms with E-state index in [-0.39, 0.29) is 17.3 Å². The van der Waals surface area contributed by atoms with E-state index in [1.807, 2.05) is 6.92 Å². The minimum atomic E-state index is -0.379. The van der Waals surface area contributed by atoms with Crippen LogP contribution < -0.4 is 5.32 Å². The van der Waals surface area contributed by atoms with Gasteiger partial charge in [0.05, 0.1) is 11.4 Å². The number of hydrogen-bond donors (Lipinski definition) is 2. The van der Waals surface area contributed by atoms with Gasteiger partial charge in [-0.05, 0) is 25.0 Å². The van der Waals surface area contributed by atoms with Crippen LogP contribution in [0.2, 0.25) is 0 Å². The molecule has 1 aliphatic rings. The number of nitrogens with one attached hydrogen (secondary N) is 1. The third kappa shape index (κ3) is 3.88. The largest absolute Gasteiger partial charge is 0.391 e. The summed E-state index contributed by atoms with van der Waals surface area (Å²) in [6.45, 7) is 2.43. The van der Waals surface area contributed by atoms with Crippen LogP contribution in [-0.4, -0.2) is 34.7 Å². The maximum absolute atomic E-state index is 11.5. The van der Waals surface area contributed by atoms with Crippen LogP contribution in [0.1, 0.15) is 32.6 Å². The van der Waals surface area contributed by atoms with Crippen molar-refractivity contribution in [3.8, 4) is 0 Å². The molecular formula is C10H19NO2S. The van der Waals surface area contributed by atoms with Crippen molar-refractivity contribution in [3.63, 3.8) is 0 Å². The van der Waals surface area contributed by atoms with E-state index in [2.05, 4.69) is 5.32 Å². The predicted octanol–water partition coefficient (Wildman–Crippen LogP) is 1.16. The summed E-state index contributed by atoms with van der Waals surface area (Å²) >= 11 is 1.72. The van der Waals surface area contributed by atoms with Crippen LogP contribution in [-0.2, 0) is 4.79 Å². The Morgan fingerprint density at radius 3 is 3.07 bits per heavy atom. The van der Waals surface area contributed by atoms with Crippen molar-refractivity contribution in [1.29, 1.82) is 0 Å². The molecule has 0 aromatic carbocycles. The molecule has 1 amide bonds. The first-order valence-corrected chi connectivity index (χ1v) is 6.36. The summed E-state index contributed by atoms with van der Waals surface area (Å²) < 4.78 is 0. The van der Waals surface area contributed by atoms with Crippen molar-refractivity contribution in [2.45, 2.75) is 44.0 Å². The molecule has 0 radical (unpaired) electrons. The fourth-order valence-electron chi connectivity index (χ4n) is 1.55. The maximum atomic E-state index is 11.5. The average Bonchev–Trinajstić information content (AvgIpc) is 2.67. The molecule has 0 aromatic rings. The Hall–Kier alpha value is -0.220. The zero-order chi connectivity index (χ0) is 10.4. The second-order valence-corrected chi connectivity index (χ2v) is 5.00. The van der Waals surface area contributed by atoms with Gasteiger partial charge in [-0.3, -0.25) is 4.79 Å². The molecule has 0 aliphatic carbocycles. The molecule has 14 heavy (non-hydrogen) atoms. The van der Waals surface area contributed by atoms with Crippen LogP contribution in [0.4, 0.5) is 0 Å². The second-order valence-electron chi connectivity index (χ2n) is 3.69. The van der Waals surface area contributed by atoms with Gasteiger partial charge in [0.15, 0.2) is 0 Å². The lowest BCUT2D eigenvalue weighted by molar-refractivity contribution is -0.121. The van der Waals surface area contributed by atoms with Crippen LogP contribution in [0.15, 0.2) is 0 Å². The Morgan fingerprint density at radius 1 is 1.71 bits per heavy atom. The van der Waals surface area contributed by atoms with E-state index in [1.54, 1.807) is 11.8 Å². The molecule has 2 atom stereocenters.